The fourth-order valence-corrected chi connectivity index (χ4v) is 2.72. The topological polar surface area (TPSA) is 133 Å². The Bertz CT molecular complexity index is 1070. The summed E-state index contributed by atoms with van der Waals surface area (Å²) in [5.41, 5.74) is 0.270. The van der Waals surface area contributed by atoms with Gasteiger partial charge in [0.2, 0.25) is 6.41 Å². The number of rotatable bonds is 9. The number of H-pyrrole nitrogens is 2. The number of carbonyl (C=O) groups excluding carboxylic acids is 1. The number of aliphatic hydroxyl groups is 1. The molecule has 0 saturated carbocycles. The predicted molar refractivity (Wildman–Crippen MR) is 102 cm³/mol. The Hall–Kier alpha value is -3.40. The largest absolute Gasteiger partial charge is 0.473 e. The Kier molecular flexibility index (Phi) is 5.90. The van der Waals surface area contributed by atoms with E-state index in [1.807, 2.05) is 6.92 Å². The third kappa shape index (κ3) is 3.96. The van der Waals surface area contributed by atoms with Crippen LogP contribution in [0.5, 0.6) is 5.75 Å². The monoisotopic (exact) mass is 387 g/mol. The number of benzene rings is 1. The summed E-state index contributed by atoms with van der Waals surface area (Å²) in [6.45, 7) is 2.28. The van der Waals surface area contributed by atoms with E-state index in [0.717, 1.165) is 4.57 Å². The van der Waals surface area contributed by atoms with Crippen LogP contribution in [0.1, 0.15) is 13.3 Å². The van der Waals surface area contributed by atoms with Crippen LogP contribution in [-0.4, -0.2) is 55.8 Å². The highest BCUT2D eigenvalue weighted by Gasteiger charge is 2.13. The zero-order valence-electron chi connectivity index (χ0n) is 15.3. The molecule has 3 aromatic rings. The van der Waals surface area contributed by atoms with Crippen molar-refractivity contribution in [3.8, 4) is 17.1 Å². The molecule has 0 unspecified atom stereocenters. The average molecular weight is 387 g/mol. The number of aromatic nitrogens is 4. The van der Waals surface area contributed by atoms with Crippen molar-refractivity contribution in [2.24, 2.45) is 0 Å². The fraction of sp³-hybridized carbons (Fsp3) is 0.333. The highest BCUT2D eigenvalue weighted by molar-refractivity contribution is 5.74. The van der Waals surface area contributed by atoms with Gasteiger partial charge in [-0.05, 0) is 30.7 Å². The number of imidazole rings is 1. The van der Waals surface area contributed by atoms with Gasteiger partial charge in [0.1, 0.15) is 17.1 Å². The zero-order chi connectivity index (χ0) is 20.1. The standard InChI is InChI=1S/C18H21N5O5/c1-2-7-23-17(26)14-16(21-18(23)27)20-15(19-14)12-3-5-13(6-4-12)28-11-22(10-25)8-9-24/h3-6,10,24H,2,7-9,11H2,1H3,(H,19,20)(H,21,27). The molecule has 1 amide bonds. The molecule has 2 heterocycles. The van der Waals surface area contributed by atoms with Crippen molar-refractivity contribution in [1.29, 1.82) is 0 Å². The maximum absolute atomic E-state index is 12.5. The minimum Gasteiger partial charge on any atom is -0.473 e. The number of aromatic amines is 2. The minimum atomic E-state index is -0.483. The molecule has 0 spiro atoms. The van der Waals surface area contributed by atoms with Gasteiger partial charge >= 0.3 is 5.69 Å². The van der Waals surface area contributed by atoms with Crippen LogP contribution in [0, 0.1) is 0 Å². The van der Waals surface area contributed by atoms with Crippen molar-refractivity contribution >= 4 is 17.6 Å². The molecule has 0 aliphatic heterocycles. The number of carbonyl (C=O) groups is 1. The molecule has 0 aliphatic carbocycles. The third-order valence-corrected chi connectivity index (χ3v) is 4.14. The third-order valence-electron chi connectivity index (χ3n) is 4.14. The highest BCUT2D eigenvalue weighted by Crippen LogP contribution is 2.21. The van der Waals surface area contributed by atoms with Crippen LogP contribution in [0.3, 0.4) is 0 Å². The molecule has 0 radical (unpaired) electrons. The summed E-state index contributed by atoms with van der Waals surface area (Å²) >= 11 is 0. The summed E-state index contributed by atoms with van der Waals surface area (Å²) < 4.78 is 6.64. The van der Waals surface area contributed by atoms with E-state index >= 15 is 0 Å². The van der Waals surface area contributed by atoms with E-state index in [1.165, 1.54) is 4.90 Å². The lowest BCUT2D eigenvalue weighted by Crippen LogP contribution is -2.34. The van der Waals surface area contributed by atoms with Crippen molar-refractivity contribution < 1.29 is 14.6 Å². The summed E-state index contributed by atoms with van der Waals surface area (Å²) in [6.07, 6.45) is 1.27. The van der Waals surface area contributed by atoms with Gasteiger partial charge in [0.25, 0.3) is 5.56 Å². The second-order valence-corrected chi connectivity index (χ2v) is 6.14. The van der Waals surface area contributed by atoms with Crippen molar-refractivity contribution in [1.82, 2.24) is 24.4 Å². The van der Waals surface area contributed by atoms with Gasteiger partial charge in [0.15, 0.2) is 12.4 Å². The molecular formula is C18H21N5O5. The summed E-state index contributed by atoms with van der Waals surface area (Å²) in [5, 5.41) is 8.86. The number of hydrogen-bond acceptors (Lipinski definition) is 6. The Morgan fingerprint density at radius 2 is 2.00 bits per heavy atom. The molecule has 3 rings (SSSR count). The number of hydrogen-bond donors (Lipinski definition) is 3. The lowest BCUT2D eigenvalue weighted by Gasteiger charge is -2.16. The smallest absolute Gasteiger partial charge is 0.330 e. The lowest BCUT2D eigenvalue weighted by atomic mass is 10.2. The predicted octanol–water partition coefficient (Wildman–Crippen LogP) is 0.277. The molecular weight excluding hydrogens is 366 g/mol. The first-order valence-electron chi connectivity index (χ1n) is 8.83. The van der Waals surface area contributed by atoms with Gasteiger partial charge < -0.3 is 19.7 Å². The lowest BCUT2D eigenvalue weighted by molar-refractivity contribution is -0.121. The second kappa shape index (κ2) is 8.53. The van der Waals surface area contributed by atoms with Crippen molar-refractivity contribution in [2.75, 3.05) is 19.9 Å². The Morgan fingerprint density at radius 1 is 1.25 bits per heavy atom. The van der Waals surface area contributed by atoms with Gasteiger partial charge in [-0.25, -0.2) is 9.78 Å². The molecule has 10 heteroatoms. The van der Waals surface area contributed by atoms with Gasteiger partial charge in [0.05, 0.1) is 6.61 Å². The average Bonchev–Trinajstić information content (AvgIpc) is 3.13. The molecule has 1 aromatic carbocycles. The first-order chi connectivity index (χ1) is 13.6. The van der Waals surface area contributed by atoms with E-state index in [4.69, 9.17) is 9.84 Å². The number of amides is 1. The molecule has 0 saturated heterocycles. The second-order valence-electron chi connectivity index (χ2n) is 6.14. The van der Waals surface area contributed by atoms with Crippen LogP contribution in [0.4, 0.5) is 0 Å². The fourth-order valence-electron chi connectivity index (χ4n) is 2.72. The Morgan fingerprint density at radius 3 is 2.64 bits per heavy atom. The van der Waals surface area contributed by atoms with Crippen LogP contribution in [-0.2, 0) is 11.3 Å². The molecule has 0 bridgehead atoms. The molecule has 0 atom stereocenters. The minimum absolute atomic E-state index is 0.0201. The molecule has 3 N–H and O–H groups in total. The van der Waals surface area contributed by atoms with Gasteiger partial charge in [-0.1, -0.05) is 6.92 Å². The maximum Gasteiger partial charge on any atom is 0.330 e. The number of nitrogens with zero attached hydrogens (tertiary/aromatic N) is 3. The highest BCUT2D eigenvalue weighted by atomic mass is 16.5. The van der Waals surface area contributed by atoms with E-state index in [0.29, 0.717) is 36.5 Å². The molecule has 10 nitrogen and oxygen atoms in total. The molecule has 148 valence electrons. The van der Waals surface area contributed by atoms with Crippen molar-refractivity contribution in [3.63, 3.8) is 0 Å². The van der Waals surface area contributed by atoms with Crippen LogP contribution in [0.2, 0.25) is 0 Å². The molecule has 28 heavy (non-hydrogen) atoms. The van der Waals surface area contributed by atoms with Crippen LogP contribution < -0.4 is 16.0 Å². The Labute approximate surface area is 159 Å². The van der Waals surface area contributed by atoms with Crippen molar-refractivity contribution in [3.05, 3.63) is 45.1 Å². The number of nitrogens with one attached hydrogen (secondary N) is 2. The SMILES string of the molecule is CCCn1c(=O)[nH]c2nc(-c3ccc(OCN(C=O)CCO)cc3)[nH]c2c1=O. The van der Waals surface area contributed by atoms with Crippen LogP contribution in [0.25, 0.3) is 22.6 Å². The van der Waals surface area contributed by atoms with E-state index in [-0.39, 0.29) is 31.0 Å². The summed E-state index contributed by atoms with van der Waals surface area (Å²) in [7, 11) is 0. The summed E-state index contributed by atoms with van der Waals surface area (Å²) in [6, 6.07) is 6.88. The zero-order valence-corrected chi connectivity index (χ0v) is 15.3. The van der Waals surface area contributed by atoms with Gasteiger partial charge in [0, 0.05) is 18.7 Å². The number of aliphatic hydroxyl groups excluding tert-OH is 1. The molecule has 2 aromatic heterocycles. The van der Waals surface area contributed by atoms with E-state index < -0.39 is 11.2 Å². The van der Waals surface area contributed by atoms with Gasteiger partial charge in [-0.3, -0.25) is 19.1 Å². The maximum atomic E-state index is 12.5. The Balaban J connectivity index is 1.83. The number of ether oxygens (including phenoxy) is 1. The van der Waals surface area contributed by atoms with Gasteiger partial charge in [-0.2, -0.15) is 0 Å². The molecule has 0 aliphatic rings. The molecule has 0 fully saturated rings. The van der Waals surface area contributed by atoms with Crippen LogP contribution in [0.15, 0.2) is 33.9 Å². The summed E-state index contributed by atoms with van der Waals surface area (Å²) in [4.78, 5) is 46.5. The van der Waals surface area contributed by atoms with E-state index in [1.54, 1.807) is 24.3 Å². The van der Waals surface area contributed by atoms with E-state index in [2.05, 4.69) is 15.0 Å². The summed E-state index contributed by atoms with van der Waals surface area (Å²) in [5.74, 6) is 0.974. The van der Waals surface area contributed by atoms with E-state index in [9.17, 15) is 14.4 Å². The van der Waals surface area contributed by atoms with Crippen LogP contribution >= 0.6 is 0 Å². The normalized spacial score (nSPS) is 10.9. The quantitative estimate of drug-likeness (QED) is 0.357. The first kappa shape index (κ1) is 19.4. The van der Waals surface area contributed by atoms with Crippen molar-refractivity contribution in [2.45, 2.75) is 19.9 Å². The van der Waals surface area contributed by atoms with Gasteiger partial charge in [-0.15, -0.1) is 0 Å². The number of fused-ring (bicyclic) bond motifs is 1. The first-order valence-corrected chi connectivity index (χ1v) is 8.83.